The minimum absolute atomic E-state index is 0.238. The van der Waals surface area contributed by atoms with Gasteiger partial charge in [0, 0.05) is 18.0 Å². The highest BCUT2D eigenvalue weighted by molar-refractivity contribution is 5.94. The van der Waals surface area contributed by atoms with Crippen LogP contribution in [0.4, 0.5) is 11.4 Å². The van der Waals surface area contributed by atoms with E-state index < -0.39 is 5.91 Å². The maximum atomic E-state index is 11.1. The summed E-state index contributed by atoms with van der Waals surface area (Å²) in [6.07, 6.45) is 3.46. The van der Waals surface area contributed by atoms with Gasteiger partial charge in [-0.2, -0.15) is 0 Å². The molecule has 0 radical (unpaired) electrons. The molecule has 20 heavy (non-hydrogen) atoms. The van der Waals surface area contributed by atoms with Crippen molar-refractivity contribution in [2.24, 2.45) is 5.73 Å². The van der Waals surface area contributed by atoms with Crippen LogP contribution in [0.3, 0.4) is 0 Å². The third-order valence-corrected chi connectivity index (χ3v) is 3.14. The van der Waals surface area contributed by atoms with Crippen molar-refractivity contribution in [2.75, 3.05) is 11.1 Å². The van der Waals surface area contributed by atoms with Crippen LogP contribution < -0.4 is 16.8 Å². The second-order valence-corrected chi connectivity index (χ2v) is 4.83. The Labute approximate surface area is 117 Å². The number of anilines is 2. The molecule has 2 rings (SSSR count). The lowest BCUT2D eigenvalue weighted by atomic mass is 10.1. The fourth-order valence-electron chi connectivity index (χ4n) is 2.00. The number of nitrogens with two attached hydrogens (primary N) is 2. The van der Waals surface area contributed by atoms with Crippen molar-refractivity contribution in [1.82, 2.24) is 0 Å². The molecule has 1 heterocycles. The normalized spacial score (nSPS) is 12.1. The average Bonchev–Trinajstić information content (AvgIpc) is 2.91. The second-order valence-electron chi connectivity index (χ2n) is 4.83. The molecule has 1 aromatic carbocycles. The summed E-state index contributed by atoms with van der Waals surface area (Å²) in [4.78, 5) is 11.1. The molecule has 0 aliphatic carbocycles. The van der Waals surface area contributed by atoms with Crippen LogP contribution in [-0.4, -0.2) is 11.9 Å². The van der Waals surface area contributed by atoms with E-state index >= 15 is 0 Å². The first kappa shape index (κ1) is 14.0. The third-order valence-electron chi connectivity index (χ3n) is 3.14. The molecule has 5 nitrogen and oxygen atoms in total. The number of benzene rings is 1. The maximum absolute atomic E-state index is 11.1. The number of hydrogen-bond donors (Lipinski definition) is 3. The number of furan rings is 1. The molecule has 0 bridgehead atoms. The van der Waals surface area contributed by atoms with E-state index in [1.54, 1.807) is 24.5 Å². The summed E-state index contributed by atoms with van der Waals surface area (Å²) in [7, 11) is 0. The second kappa shape index (κ2) is 6.14. The molecule has 0 fully saturated rings. The molecule has 1 amide bonds. The number of carbonyl (C=O) groups is 1. The summed E-state index contributed by atoms with van der Waals surface area (Å²) in [5.41, 5.74) is 12.9. The highest BCUT2D eigenvalue weighted by Crippen LogP contribution is 2.21. The Hall–Kier alpha value is -2.43. The molecular formula is C15H19N3O2. The number of amides is 1. The number of aryl methyl sites for hydroxylation is 1. The van der Waals surface area contributed by atoms with Crippen LogP contribution in [-0.2, 0) is 6.42 Å². The van der Waals surface area contributed by atoms with Gasteiger partial charge in [-0.15, -0.1) is 0 Å². The summed E-state index contributed by atoms with van der Waals surface area (Å²) in [5, 5.41) is 3.32. The predicted octanol–water partition coefficient (Wildman–Crippen LogP) is 2.39. The van der Waals surface area contributed by atoms with Crippen molar-refractivity contribution in [3.05, 3.63) is 47.9 Å². The largest absolute Gasteiger partial charge is 0.469 e. The Morgan fingerprint density at radius 2 is 2.20 bits per heavy atom. The van der Waals surface area contributed by atoms with E-state index in [4.69, 9.17) is 15.9 Å². The molecule has 0 aliphatic heterocycles. The average molecular weight is 273 g/mol. The van der Waals surface area contributed by atoms with Gasteiger partial charge in [0.1, 0.15) is 5.76 Å². The summed E-state index contributed by atoms with van der Waals surface area (Å²) in [5.74, 6) is 0.491. The highest BCUT2D eigenvalue weighted by Gasteiger charge is 2.08. The van der Waals surface area contributed by atoms with E-state index in [0.717, 1.165) is 24.3 Å². The molecular weight excluding hydrogens is 254 g/mol. The lowest BCUT2D eigenvalue weighted by molar-refractivity contribution is 0.100. The van der Waals surface area contributed by atoms with Crippen LogP contribution in [0.25, 0.3) is 0 Å². The fraction of sp³-hybridized carbons (Fsp3) is 0.267. The Morgan fingerprint density at radius 3 is 2.80 bits per heavy atom. The van der Waals surface area contributed by atoms with Gasteiger partial charge in [0.05, 0.1) is 17.6 Å². The van der Waals surface area contributed by atoms with Crippen LogP contribution in [0.15, 0.2) is 41.0 Å². The van der Waals surface area contributed by atoms with Crippen LogP contribution in [0, 0.1) is 0 Å². The SMILES string of the molecule is CC(CCc1ccco1)Nc1ccc(C(N)=O)cc1N. The van der Waals surface area contributed by atoms with Gasteiger partial charge >= 0.3 is 0 Å². The van der Waals surface area contributed by atoms with Gasteiger partial charge in [-0.3, -0.25) is 4.79 Å². The third kappa shape index (κ3) is 3.54. The molecule has 0 spiro atoms. The molecule has 1 atom stereocenters. The molecule has 1 unspecified atom stereocenters. The van der Waals surface area contributed by atoms with Crippen molar-refractivity contribution in [2.45, 2.75) is 25.8 Å². The van der Waals surface area contributed by atoms with E-state index in [-0.39, 0.29) is 6.04 Å². The molecule has 0 aliphatic rings. The Balaban J connectivity index is 1.93. The molecule has 0 saturated heterocycles. The number of rotatable bonds is 6. The fourth-order valence-corrected chi connectivity index (χ4v) is 2.00. The molecule has 1 aromatic heterocycles. The van der Waals surface area contributed by atoms with Gasteiger partial charge in [0.2, 0.25) is 5.91 Å². The number of carbonyl (C=O) groups excluding carboxylic acids is 1. The standard InChI is InChI=1S/C15H19N3O2/c1-10(4-6-12-3-2-8-20-12)18-14-7-5-11(15(17)19)9-13(14)16/h2-3,5,7-10,18H,4,6,16H2,1H3,(H2,17,19). The van der Waals surface area contributed by atoms with Crippen molar-refractivity contribution < 1.29 is 9.21 Å². The quantitative estimate of drug-likeness (QED) is 0.704. The lowest BCUT2D eigenvalue weighted by Crippen LogP contribution is -2.17. The van der Waals surface area contributed by atoms with Crippen molar-refractivity contribution in [3.63, 3.8) is 0 Å². The first-order valence-corrected chi connectivity index (χ1v) is 6.54. The number of hydrogen-bond acceptors (Lipinski definition) is 4. The van der Waals surface area contributed by atoms with E-state index in [1.807, 2.05) is 12.1 Å². The van der Waals surface area contributed by atoms with E-state index in [9.17, 15) is 4.79 Å². The Kier molecular flexibility index (Phi) is 4.30. The summed E-state index contributed by atoms with van der Waals surface area (Å²) in [6.45, 7) is 2.07. The van der Waals surface area contributed by atoms with E-state index in [0.29, 0.717) is 11.3 Å². The smallest absolute Gasteiger partial charge is 0.248 e. The van der Waals surface area contributed by atoms with Crippen LogP contribution in [0.5, 0.6) is 0 Å². The molecule has 5 N–H and O–H groups in total. The molecule has 2 aromatic rings. The van der Waals surface area contributed by atoms with Gasteiger partial charge in [-0.1, -0.05) is 0 Å². The highest BCUT2D eigenvalue weighted by atomic mass is 16.3. The van der Waals surface area contributed by atoms with Crippen LogP contribution in [0.1, 0.15) is 29.5 Å². The van der Waals surface area contributed by atoms with Crippen molar-refractivity contribution in [3.8, 4) is 0 Å². The Bertz CT molecular complexity index is 579. The van der Waals surface area contributed by atoms with Crippen molar-refractivity contribution in [1.29, 1.82) is 0 Å². The molecule has 106 valence electrons. The number of nitrogen functional groups attached to an aromatic ring is 1. The summed E-state index contributed by atoms with van der Waals surface area (Å²) >= 11 is 0. The van der Waals surface area contributed by atoms with Crippen LogP contribution in [0.2, 0.25) is 0 Å². The minimum Gasteiger partial charge on any atom is -0.469 e. The summed E-state index contributed by atoms with van der Waals surface area (Å²) < 4.78 is 5.30. The first-order chi connectivity index (χ1) is 9.56. The predicted molar refractivity (Wildman–Crippen MR) is 79.5 cm³/mol. The number of nitrogens with one attached hydrogen (secondary N) is 1. The molecule has 0 saturated carbocycles. The van der Waals surface area contributed by atoms with Gasteiger partial charge in [-0.05, 0) is 43.7 Å². The molecule has 5 heteroatoms. The van der Waals surface area contributed by atoms with Gasteiger partial charge < -0.3 is 21.2 Å². The Morgan fingerprint density at radius 1 is 1.40 bits per heavy atom. The van der Waals surface area contributed by atoms with Gasteiger partial charge in [0.15, 0.2) is 0 Å². The van der Waals surface area contributed by atoms with Gasteiger partial charge in [-0.25, -0.2) is 0 Å². The lowest BCUT2D eigenvalue weighted by Gasteiger charge is -2.16. The topological polar surface area (TPSA) is 94.3 Å². The zero-order valence-electron chi connectivity index (χ0n) is 11.4. The zero-order chi connectivity index (χ0) is 14.5. The maximum Gasteiger partial charge on any atom is 0.248 e. The monoisotopic (exact) mass is 273 g/mol. The number of primary amides is 1. The van der Waals surface area contributed by atoms with Crippen molar-refractivity contribution >= 4 is 17.3 Å². The van der Waals surface area contributed by atoms with E-state index in [1.165, 1.54) is 0 Å². The zero-order valence-corrected chi connectivity index (χ0v) is 11.4. The van der Waals surface area contributed by atoms with Crippen LogP contribution >= 0.6 is 0 Å². The summed E-state index contributed by atoms with van der Waals surface area (Å²) in [6, 6.07) is 9.11. The first-order valence-electron chi connectivity index (χ1n) is 6.54. The van der Waals surface area contributed by atoms with E-state index in [2.05, 4.69) is 12.2 Å². The minimum atomic E-state index is -0.478. The van der Waals surface area contributed by atoms with Gasteiger partial charge in [0.25, 0.3) is 0 Å².